The summed E-state index contributed by atoms with van der Waals surface area (Å²) in [6, 6.07) is 12.3. The fourth-order valence-corrected chi connectivity index (χ4v) is 3.09. The number of fused-ring (bicyclic) bond motifs is 1. The molecule has 0 bridgehead atoms. The van der Waals surface area contributed by atoms with Gasteiger partial charge in [0.25, 0.3) is 0 Å². The minimum absolute atomic E-state index is 0.0793. The summed E-state index contributed by atoms with van der Waals surface area (Å²) in [4.78, 5) is 13.0. The molecule has 6 nitrogen and oxygen atoms in total. The summed E-state index contributed by atoms with van der Waals surface area (Å²) in [5.74, 6) is -3.21. The quantitative estimate of drug-likeness (QED) is 0.503. The number of phenolic OH excluding ortho intramolecular Hbond substituents is 2. The molecule has 0 aliphatic rings. The Kier molecular flexibility index (Phi) is 4.30. The Balaban J connectivity index is 2.00. The summed E-state index contributed by atoms with van der Waals surface area (Å²) >= 11 is 0. The maximum Gasteiger partial charge on any atom is 0.450 e. The first-order valence-electron chi connectivity index (χ1n) is 8.42. The van der Waals surface area contributed by atoms with Crippen molar-refractivity contribution in [2.45, 2.75) is 12.7 Å². The lowest BCUT2D eigenvalue weighted by Crippen LogP contribution is -2.18. The van der Waals surface area contributed by atoms with E-state index in [0.717, 1.165) is 17.7 Å². The van der Waals surface area contributed by atoms with Gasteiger partial charge in [-0.25, -0.2) is 0 Å². The van der Waals surface area contributed by atoms with E-state index < -0.39 is 40.0 Å². The van der Waals surface area contributed by atoms with Gasteiger partial charge in [-0.3, -0.25) is 9.48 Å². The number of nitrogens with zero attached hydrogens (tertiary/aromatic N) is 2. The molecule has 0 fully saturated rings. The summed E-state index contributed by atoms with van der Waals surface area (Å²) in [5, 5.41) is 23.2. The van der Waals surface area contributed by atoms with Crippen molar-refractivity contribution < 1.29 is 27.8 Å². The van der Waals surface area contributed by atoms with Crippen molar-refractivity contribution in [2.75, 3.05) is 0 Å². The third-order valence-electron chi connectivity index (χ3n) is 4.42. The van der Waals surface area contributed by atoms with Gasteiger partial charge < -0.3 is 14.6 Å². The molecule has 9 heteroatoms. The Morgan fingerprint density at radius 2 is 1.76 bits per heavy atom. The number of phenols is 2. The number of aromatic hydroxyl groups is 2. The van der Waals surface area contributed by atoms with E-state index in [1.165, 1.54) is 16.9 Å². The van der Waals surface area contributed by atoms with Gasteiger partial charge in [-0.1, -0.05) is 30.3 Å². The maximum atomic E-state index is 13.7. The molecule has 0 unspecified atom stereocenters. The molecule has 2 aromatic heterocycles. The van der Waals surface area contributed by atoms with Crippen molar-refractivity contribution in [3.63, 3.8) is 0 Å². The minimum Gasteiger partial charge on any atom is -0.504 e. The third-order valence-corrected chi connectivity index (χ3v) is 4.42. The molecular weight excluding hydrogens is 389 g/mol. The molecule has 0 aliphatic heterocycles. The smallest absolute Gasteiger partial charge is 0.450 e. The van der Waals surface area contributed by atoms with Crippen LogP contribution in [0.4, 0.5) is 13.2 Å². The van der Waals surface area contributed by atoms with Gasteiger partial charge in [-0.2, -0.15) is 18.3 Å². The number of alkyl halides is 3. The number of benzene rings is 2. The van der Waals surface area contributed by atoms with E-state index in [9.17, 15) is 28.2 Å². The van der Waals surface area contributed by atoms with Crippen molar-refractivity contribution >= 4 is 11.0 Å². The first-order chi connectivity index (χ1) is 13.8. The maximum absolute atomic E-state index is 13.7. The monoisotopic (exact) mass is 402 g/mol. The minimum atomic E-state index is -5.03. The largest absolute Gasteiger partial charge is 0.504 e. The van der Waals surface area contributed by atoms with Gasteiger partial charge >= 0.3 is 6.18 Å². The highest BCUT2D eigenvalue weighted by molar-refractivity contribution is 5.88. The topological polar surface area (TPSA) is 88.5 Å². The molecular formula is C20H13F3N2O4. The highest BCUT2D eigenvalue weighted by Gasteiger charge is 2.40. The molecule has 0 aliphatic carbocycles. The normalized spacial score (nSPS) is 11.8. The zero-order valence-electron chi connectivity index (χ0n) is 14.6. The van der Waals surface area contributed by atoms with Crippen molar-refractivity contribution in [1.82, 2.24) is 9.78 Å². The lowest BCUT2D eigenvalue weighted by atomic mass is 10.1. The predicted octanol–water partition coefficient (Wildman–Crippen LogP) is 4.13. The summed E-state index contributed by atoms with van der Waals surface area (Å²) in [6.45, 7) is 0.138. The average molecular weight is 402 g/mol. The number of aromatic nitrogens is 2. The van der Waals surface area contributed by atoms with Crippen LogP contribution in [-0.2, 0) is 12.7 Å². The highest BCUT2D eigenvalue weighted by atomic mass is 19.4. The van der Waals surface area contributed by atoms with E-state index in [-0.39, 0.29) is 17.6 Å². The number of halogens is 3. The Bertz CT molecular complexity index is 1260. The highest BCUT2D eigenvalue weighted by Crippen LogP contribution is 2.40. The van der Waals surface area contributed by atoms with Gasteiger partial charge in [0.15, 0.2) is 11.3 Å². The molecule has 2 N–H and O–H groups in total. The molecule has 0 spiro atoms. The summed E-state index contributed by atoms with van der Waals surface area (Å²) in [6.07, 6.45) is -3.74. The Labute approximate surface area is 161 Å². The molecule has 148 valence electrons. The van der Waals surface area contributed by atoms with Crippen molar-refractivity contribution in [3.8, 4) is 22.8 Å². The molecule has 2 heterocycles. The lowest BCUT2D eigenvalue weighted by Gasteiger charge is -2.14. The summed E-state index contributed by atoms with van der Waals surface area (Å²) in [7, 11) is 0. The van der Waals surface area contributed by atoms with Crippen LogP contribution in [0.2, 0.25) is 0 Å². The predicted molar refractivity (Wildman–Crippen MR) is 97.6 cm³/mol. The van der Waals surface area contributed by atoms with E-state index >= 15 is 0 Å². The van der Waals surface area contributed by atoms with Crippen LogP contribution >= 0.6 is 0 Å². The van der Waals surface area contributed by atoms with Gasteiger partial charge in [0.1, 0.15) is 0 Å². The van der Waals surface area contributed by atoms with E-state index in [1.807, 2.05) is 0 Å². The molecule has 0 saturated heterocycles. The van der Waals surface area contributed by atoms with Crippen LogP contribution in [-0.4, -0.2) is 20.0 Å². The van der Waals surface area contributed by atoms with Crippen LogP contribution in [0.1, 0.15) is 11.3 Å². The van der Waals surface area contributed by atoms with Gasteiger partial charge in [0.05, 0.1) is 23.2 Å². The fraction of sp³-hybridized carbons (Fsp3) is 0.100. The first-order valence-corrected chi connectivity index (χ1v) is 8.42. The Morgan fingerprint density at radius 1 is 1.03 bits per heavy atom. The second-order valence-electron chi connectivity index (χ2n) is 6.30. The zero-order valence-corrected chi connectivity index (χ0v) is 14.6. The molecule has 0 amide bonds. The van der Waals surface area contributed by atoms with E-state index in [1.54, 1.807) is 30.3 Å². The van der Waals surface area contributed by atoms with Crippen LogP contribution in [0.15, 0.2) is 63.9 Å². The van der Waals surface area contributed by atoms with Crippen LogP contribution in [0.5, 0.6) is 11.5 Å². The first kappa shape index (κ1) is 18.6. The molecule has 2 aromatic carbocycles. The lowest BCUT2D eigenvalue weighted by molar-refractivity contribution is -0.152. The second-order valence-corrected chi connectivity index (χ2v) is 6.30. The zero-order chi connectivity index (χ0) is 20.8. The molecule has 29 heavy (non-hydrogen) atoms. The van der Waals surface area contributed by atoms with Gasteiger partial charge in [0.2, 0.25) is 16.9 Å². The third kappa shape index (κ3) is 3.20. The molecule has 0 radical (unpaired) electrons. The summed E-state index contributed by atoms with van der Waals surface area (Å²) in [5.41, 5.74) is -1.75. The van der Waals surface area contributed by atoms with Crippen LogP contribution in [0.3, 0.4) is 0 Å². The van der Waals surface area contributed by atoms with Crippen molar-refractivity contribution in [2.24, 2.45) is 0 Å². The van der Waals surface area contributed by atoms with Crippen molar-refractivity contribution in [3.05, 3.63) is 76.3 Å². The molecule has 0 atom stereocenters. The van der Waals surface area contributed by atoms with Crippen LogP contribution in [0.25, 0.3) is 22.2 Å². The van der Waals surface area contributed by atoms with Gasteiger partial charge in [-0.15, -0.1) is 0 Å². The van der Waals surface area contributed by atoms with Gasteiger partial charge in [0, 0.05) is 6.20 Å². The number of hydrogen-bond donors (Lipinski definition) is 2. The second kappa shape index (κ2) is 6.69. The SMILES string of the molecule is O=c1c(-c2ccnn2Cc2ccccc2)c(C(F)(F)F)oc2c(O)c(O)ccc12. The number of rotatable bonds is 3. The van der Waals surface area contributed by atoms with E-state index in [2.05, 4.69) is 5.10 Å². The van der Waals surface area contributed by atoms with Crippen LogP contribution < -0.4 is 5.43 Å². The Morgan fingerprint density at radius 3 is 2.45 bits per heavy atom. The fourth-order valence-electron chi connectivity index (χ4n) is 3.09. The number of hydrogen-bond acceptors (Lipinski definition) is 5. The van der Waals surface area contributed by atoms with Crippen molar-refractivity contribution in [1.29, 1.82) is 0 Å². The molecule has 4 rings (SSSR count). The standard InChI is InChI=1S/C20H13F3N2O4/c21-20(22,23)19-15(16(27)12-6-7-14(26)17(28)18(12)29-19)13-8-9-24-25(13)10-11-4-2-1-3-5-11/h1-9,26,28H,10H2. The summed E-state index contributed by atoms with van der Waals surface area (Å²) < 4.78 is 47.4. The average Bonchev–Trinajstić information content (AvgIpc) is 3.12. The Hall–Kier alpha value is -3.75. The van der Waals surface area contributed by atoms with E-state index in [0.29, 0.717) is 0 Å². The molecule has 0 saturated carbocycles. The molecule has 4 aromatic rings. The van der Waals surface area contributed by atoms with Crippen LogP contribution in [0, 0.1) is 0 Å². The van der Waals surface area contributed by atoms with E-state index in [4.69, 9.17) is 4.42 Å². The van der Waals surface area contributed by atoms with Gasteiger partial charge in [-0.05, 0) is 23.8 Å².